The summed E-state index contributed by atoms with van der Waals surface area (Å²) in [4.78, 5) is 10.5. The van der Waals surface area contributed by atoms with E-state index in [0.717, 1.165) is 0 Å². The Morgan fingerprint density at radius 1 is 1.23 bits per heavy atom. The van der Waals surface area contributed by atoms with Gasteiger partial charge in [0.15, 0.2) is 0 Å². The van der Waals surface area contributed by atoms with Gasteiger partial charge >= 0.3 is 0 Å². The number of hydrogen-bond donors (Lipinski definition) is 1. The number of benzene rings is 1. The van der Waals surface area contributed by atoms with E-state index in [0.29, 0.717) is 5.69 Å². The number of nitrogens with one attached hydrogen (secondary N) is 1. The summed E-state index contributed by atoms with van der Waals surface area (Å²) < 4.78 is 12.3. The van der Waals surface area contributed by atoms with Crippen LogP contribution in [0.25, 0.3) is 0 Å². The molecule has 0 fully saturated rings. The molecule has 0 atom stereocenters. The van der Waals surface area contributed by atoms with E-state index in [1.54, 1.807) is 0 Å². The molecule has 0 aliphatic heterocycles. The zero-order valence-corrected chi connectivity index (χ0v) is 8.55. The fourth-order valence-corrected chi connectivity index (χ4v) is 0.736. The molecule has 13 heavy (non-hydrogen) atoms. The fourth-order valence-electron chi connectivity index (χ4n) is 0.736. The van der Waals surface area contributed by atoms with Crippen molar-refractivity contribution in [2.24, 2.45) is 0 Å². The van der Waals surface area contributed by atoms with E-state index >= 15 is 0 Å². The van der Waals surface area contributed by atoms with Gasteiger partial charge in [-0.1, -0.05) is 0 Å². The van der Waals surface area contributed by atoms with Crippen molar-refractivity contribution in [3.05, 3.63) is 30.1 Å². The van der Waals surface area contributed by atoms with E-state index in [1.807, 2.05) is 0 Å². The summed E-state index contributed by atoms with van der Waals surface area (Å²) >= 11 is 0. The standard InChI is InChI=1S/C8H8FNO.2ClH/c1-6(11)10-8-4-2-7(9)3-5-8;;/h2-5H,1H3,(H,10,11);2*1H. The van der Waals surface area contributed by atoms with Gasteiger partial charge in [0.05, 0.1) is 0 Å². The molecule has 1 amide bonds. The van der Waals surface area contributed by atoms with E-state index < -0.39 is 0 Å². The minimum Gasteiger partial charge on any atom is -0.326 e. The lowest BCUT2D eigenvalue weighted by molar-refractivity contribution is -0.114. The summed E-state index contributed by atoms with van der Waals surface area (Å²) in [5.74, 6) is -0.462. The molecule has 2 nitrogen and oxygen atoms in total. The van der Waals surface area contributed by atoms with Crippen LogP contribution in [0.1, 0.15) is 6.92 Å². The van der Waals surface area contributed by atoms with Gasteiger partial charge in [-0.05, 0) is 24.3 Å². The molecule has 0 saturated heterocycles. The first kappa shape index (κ1) is 14.7. The average molecular weight is 226 g/mol. The Kier molecular flexibility index (Phi) is 7.57. The zero-order chi connectivity index (χ0) is 8.27. The maximum absolute atomic E-state index is 12.3. The lowest BCUT2D eigenvalue weighted by Gasteiger charge is -1.99. The molecule has 5 heteroatoms. The second-order valence-electron chi connectivity index (χ2n) is 2.19. The minimum absolute atomic E-state index is 0. The van der Waals surface area contributed by atoms with E-state index in [4.69, 9.17) is 0 Å². The second-order valence-corrected chi connectivity index (χ2v) is 2.19. The van der Waals surface area contributed by atoms with Gasteiger partial charge < -0.3 is 5.32 Å². The molecule has 0 aromatic heterocycles. The molecule has 0 aliphatic rings. The average Bonchev–Trinajstić information content (AvgIpc) is 1.93. The van der Waals surface area contributed by atoms with Gasteiger partial charge in [0.25, 0.3) is 0 Å². The Balaban J connectivity index is 0. The Morgan fingerprint density at radius 3 is 2.08 bits per heavy atom. The lowest BCUT2D eigenvalue weighted by atomic mass is 10.3. The van der Waals surface area contributed by atoms with Crippen molar-refractivity contribution in [1.29, 1.82) is 0 Å². The SMILES string of the molecule is CC(=O)Nc1ccc(F)cc1.Cl.Cl. The number of carbonyl (C=O) groups excluding carboxylic acids is 1. The molecule has 74 valence electrons. The molecule has 0 bridgehead atoms. The van der Waals surface area contributed by atoms with Crippen molar-refractivity contribution in [3.8, 4) is 0 Å². The molecule has 0 heterocycles. The number of amides is 1. The Morgan fingerprint density at radius 2 is 1.69 bits per heavy atom. The number of anilines is 1. The predicted molar refractivity (Wildman–Crippen MR) is 55.2 cm³/mol. The smallest absolute Gasteiger partial charge is 0.221 e. The fraction of sp³-hybridized carbons (Fsp3) is 0.125. The first-order chi connectivity index (χ1) is 5.18. The van der Waals surface area contributed by atoms with Gasteiger partial charge in [0.1, 0.15) is 5.82 Å². The molecule has 0 spiro atoms. The molecule has 0 saturated carbocycles. The highest BCUT2D eigenvalue weighted by Gasteiger charge is 1.93. The van der Waals surface area contributed by atoms with E-state index in [1.165, 1.54) is 31.2 Å². The van der Waals surface area contributed by atoms with Gasteiger partial charge in [-0.3, -0.25) is 4.79 Å². The molecule has 1 aromatic carbocycles. The number of halogens is 3. The van der Waals surface area contributed by atoms with Crippen LogP contribution < -0.4 is 5.32 Å². The van der Waals surface area contributed by atoms with Crippen molar-refractivity contribution in [3.63, 3.8) is 0 Å². The van der Waals surface area contributed by atoms with Crippen LogP contribution in [-0.2, 0) is 4.79 Å². The third-order valence-electron chi connectivity index (χ3n) is 1.16. The van der Waals surface area contributed by atoms with E-state index in [2.05, 4.69) is 5.32 Å². The van der Waals surface area contributed by atoms with Crippen molar-refractivity contribution < 1.29 is 9.18 Å². The van der Waals surface area contributed by atoms with Crippen LogP contribution in [0.15, 0.2) is 24.3 Å². The summed E-state index contributed by atoms with van der Waals surface area (Å²) in [7, 11) is 0. The van der Waals surface area contributed by atoms with Gasteiger partial charge in [0.2, 0.25) is 5.91 Å². The molecular formula is C8H10Cl2FNO. The van der Waals surface area contributed by atoms with Crippen molar-refractivity contribution in [1.82, 2.24) is 0 Å². The van der Waals surface area contributed by atoms with E-state index in [9.17, 15) is 9.18 Å². The lowest BCUT2D eigenvalue weighted by Crippen LogP contribution is -2.05. The van der Waals surface area contributed by atoms with Crippen LogP contribution in [0.4, 0.5) is 10.1 Å². The highest BCUT2D eigenvalue weighted by molar-refractivity contribution is 5.88. The molecule has 0 radical (unpaired) electrons. The molecular weight excluding hydrogens is 216 g/mol. The quantitative estimate of drug-likeness (QED) is 0.783. The van der Waals surface area contributed by atoms with Gasteiger partial charge in [-0.25, -0.2) is 4.39 Å². The van der Waals surface area contributed by atoms with Crippen LogP contribution in [0.2, 0.25) is 0 Å². The van der Waals surface area contributed by atoms with Gasteiger partial charge in [0, 0.05) is 12.6 Å². The zero-order valence-electron chi connectivity index (χ0n) is 6.91. The predicted octanol–water partition coefficient (Wildman–Crippen LogP) is 2.63. The summed E-state index contributed by atoms with van der Waals surface area (Å²) in [5, 5.41) is 2.53. The van der Waals surface area contributed by atoms with Crippen LogP contribution in [-0.4, -0.2) is 5.91 Å². The molecule has 1 N–H and O–H groups in total. The van der Waals surface area contributed by atoms with Crippen LogP contribution in [0, 0.1) is 5.82 Å². The summed E-state index contributed by atoms with van der Waals surface area (Å²) in [6.07, 6.45) is 0. The largest absolute Gasteiger partial charge is 0.326 e. The minimum atomic E-state index is -0.306. The highest BCUT2D eigenvalue weighted by Crippen LogP contribution is 2.07. The van der Waals surface area contributed by atoms with Crippen molar-refractivity contribution >= 4 is 36.4 Å². The van der Waals surface area contributed by atoms with Crippen LogP contribution >= 0.6 is 24.8 Å². The number of hydrogen-bond acceptors (Lipinski definition) is 1. The first-order valence-electron chi connectivity index (χ1n) is 3.21. The Hall–Kier alpha value is -0.800. The van der Waals surface area contributed by atoms with Crippen LogP contribution in [0.3, 0.4) is 0 Å². The number of carbonyl (C=O) groups is 1. The first-order valence-corrected chi connectivity index (χ1v) is 3.21. The molecule has 1 rings (SSSR count). The maximum Gasteiger partial charge on any atom is 0.221 e. The molecule has 1 aromatic rings. The Labute approximate surface area is 88.3 Å². The summed E-state index contributed by atoms with van der Waals surface area (Å²) in [5.41, 5.74) is 0.610. The maximum atomic E-state index is 12.3. The van der Waals surface area contributed by atoms with Gasteiger partial charge in [-0.2, -0.15) is 0 Å². The normalized spacial score (nSPS) is 7.85. The third-order valence-corrected chi connectivity index (χ3v) is 1.16. The topological polar surface area (TPSA) is 29.1 Å². The van der Waals surface area contributed by atoms with E-state index in [-0.39, 0.29) is 36.5 Å². The highest BCUT2D eigenvalue weighted by atomic mass is 35.5. The monoisotopic (exact) mass is 225 g/mol. The molecule has 0 unspecified atom stereocenters. The Bertz CT molecular complexity index is 263. The summed E-state index contributed by atoms with van der Waals surface area (Å²) in [6, 6.07) is 5.62. The third kappa shape index (κ3) is 5.44. The van der Waals surface area contributed by atoms with Crippen molar-refractivity contribution in [2.45, 2.75) is 6.92 Å². The van der Waals surface area contributed by atoms with Crippen LogP contribution in [0.5, 0.6) is 0 Å². The van der Waals surface area contributed by atoms with Gasteiger partial charge in [-0.15, -0.1) is 24.8 Å². The second kappa shape index (κ2) is 6.69. The van der Waals surface area contributed by atoms with Crippen molar-refractivity contribution in [2.75, 3.05) is 5.32 Å². The molecule has 0 aliphatic carbocycles. The number of rotatable bonds is 1. The summed E-state index contributed by atoms with van der Waals surface area (Å²) in [6.45, 7) is 1.41.